The Hall–Kier alpha value is -2.42. The van der Waals surface area contributed by atoms with Crippen molar-refractivity contribution in [3.05, 3.63) is 89.8 Å². The lowest BCUT2D eigenvalue weighted by atomic mass is 10.1. The van der Waals surface area contributed by atoms with E-state index < -0.39 is 0 Å². The first-order chi connectivity index (χ1) is 13.8. The van der Waals surface area contributed by atoms with Crippen LogP contribution in [0.3, 0.4) is 0 Å². The van der Waals surface area contributed by atoms with Crippen molar-refractivity contribution in [1.82, 2.24) is 20.2 Å². The van der Waals surface area contributed by atoms with E-state index in [1.807, 2.05) is 43.5 Å². The number of halogens is 2. The van der Waals surface area contributed by atoms with Gasteiger partial charge in [0.2, 0.25) is 0 Å². The molecular formula is C22H27FIN5. The number of hydrogen-bond donors (Lipinski definition) is 2. The summed E-state index contributed by atoms with van der Waals surface area (Å²) < 4.78 is 15.8. The zero-order chi connectivity index (χ0) is 19.6. The third kappa shape index (κ3) is 7.16. The largest absolute Gasteiger partial charge is 0.357 e. The van der Waals surface area contributed by atoms with Crippen LogP contribution in [0.15, 0.2) is 72.0 Å². The number of rotatable bonds is 8. The smallest absolute Gasteiger partial charge is 0.191 e. The highest BCUT2D eigenvalue weighted by Crippen LogP contribution is 2.07. The molecule has 29 heavy (non-hydrogen) atoms. The molecule has 0 radical (unpaired) electrons. The van der Waals surface area contributed by atoms with Crippen LogP contribution in [0.4, 0.5) is 4.39 Å². The van der Waals surface area contributed by atoms with E-state index in [4.69, 9.17) is 0 Å². The molecule has 0 aliphatic carbocycles. The summed E-state index contributed by atoms with van der Waals surface area (Å²) >= 11 is 0. The number of nitrogens with one attached hydrogen (secondary N) is 2. The molecule has 1 heterocycles. The molecular weight excluding hydrogens is 480 g/mol. The summed E-state index contributed by atoms with van der Waals surface area (Å²) in [7, 11) is 0. The normalized spacial score (nSPS) is 11.0. The highest BCUT2D eigenvalue weighted by Gasteiger charge is 2.05. The minimum Gasteiger partial charge on any atom is -0.357 e. The van der Waals surface area contributed by atoms with E-state index in [1.165, 1.54) is 11.6 Å². The third-order valence-electron chi connectivity index (χ3n) is 4.36. The Labute approximate surface area is 188 Å². The molecule has 0 saturated heterocycles. The molecule has 0 fully saturated rings. The molecule has 3 rings (SSSR count). The van der Waals surface area contributed by atoms with Gasteiger partial charge in [-0.2, -0.15) is 0 Å². The summed E-state index contributed by atoms with van der Waals surface area (Å²) in [5.41, 5.74) is 1.92. The van der Waals surface area contributed by atoms with E-state index in [1.54, 1.807) is 12.3 Å². The number of aromatic nitrogens is 2. The lowest BCUT2D eigenvalue weighted by Gasteiger charge is -2.12. The molecule has 0 saturated carbocycles. The maximum atomic E-state index is 13.7. The summed E-state index contributed by atoms with van der Waals surface area (Å²) in [6.07, 6.45) is 4.36. The van der Waals surface area contributed by atoms with Crippen LogP contribution < -0.4 is 10.6 Å². The maximum absolute atomic E-state index is 13.7. The highest BCUT2D eigenvalue weighted by atomic mass is 127. The van der Waals surface area contributed by atoms with E-state index in [2.05, 4.69) is 37.3 Å². The number of imidazole rings is 1. The standard InChI is InChI=1S/C22H26FN5.HI/c1-2-24-22(26-13-12-19-10-6-7-11-20(19)23)27-16-21-25-14-15-28(21)17-18-8-4-3-5-9-18;/h3-11,14-15H,2,12-13,16-17H2,1H3,(H2,24,26,27);1H. The van der Waals surface area contributed by atoms with E-state index in [-0.39, 0.29) is 29.8 Å². The van der Waals surface area contributed by atoms with Crippen LogP contribution in [-0.4, -0.2) is 28.6 Å². The molecule has 2 N–H and O–H groups in total. The molecule has 7 heteroatoms. The minimum absolute atomic E-state index is 0. The molecule has 2 aromatic carbocycles. The predicted molar refractivity (Wildman–Crippen MR) is 126 cm³/mol. The molecule has 0 aliphatic rings. The molecule has 0 bridgehead atoms. The summed E-state index contributed by atoms with van der Waals surface area (Å²) in [5, 5.41) is 6.49. The van der Waals surface area contributed by atoms with Gasteiger partial charge in [0, 0.05) is 32.0 Å². The second kappa shape index (κ2) is 12.2. The van der Waals surface area contributed by atoms with Crippen molar-refractivity contribution in [1.29, 1.82) is 0 Å². The van der Waals surface area contributed by atoms with Gasteiger partial charge in [0.25, 0.3) is 0 Å². The third-order valence-corrected chi connectivity index (χ3v) is 4.36. The molecule has 1 aromatic heterocycles. The minimum atomic E-state index is -0.172. The van der Waals surface area contributed by atoms with Gasteiger partial charge >= 0.3 is 0 Å². The monoisotopic (exact) mass is 507 g/mol. The average Bonchev–Trinajstić information content (AvgIpc) is 3.15. The fourth-order valence-corrected chi connectivity index (χ4v) is 2.92. The first-order valence-corrected chi connectivity index (χ1v) is 9.55. The Morgan fingerprint density at radius 3 is 2.59 bits per heavy atom. The molecule has 5 nitrogen and oxygen atoms in total. The molecule has 0 unspecified atom stereocenters. The fraction of sp³-hybridized carbons (Fsp3) is 0.273. The lowest BCUT2D eigenvalue weighted by Crippen LogP contribution is -2.38. The van der Waals surface area contributed by atoms with E-state index >= 15 is 0 Å². The van der Waals surface area contributed by atoms with Crippen molar-refractivity contribution < 1.29 is 4.39 Å². The van der Waals surface area contributed by atoms with E-state index in [9.17, 15) is 4.39 Å². The Bertz CT molecular complexity index is 895. The van der Waals surface area contributed by atoms with Gasteiger partial charge in [-0.05, 0) is 30.5 Å². The summed E-state index contributed by atoms with van der Waals surface area (Å²) in [6.45, 7) is 4.61. The Morgan fingerprint density at radius 1 is 1.07 bits per heavy atom. The Kier molecular flexibility index (Phi) is 9.63. The van der Waals surface area contributed by atoms with Crippen molar-refractivity contribution in [3.8, 4) is 0 Å². The number of nitrogens with zero attached hydrogens (tertiary/aromatic N) is 3. The zero-order valence-corrected chi connectivity index (χ0v) is 18.8. The van der Waals surface area contributed by atoms with Crippen molar-refractivity contribution in [3.63, 3.8) is 0 Å². The van der Waals surface area contributed by atoms with Gasteiger partial charge in [-0.1, -0.05) is 48.5 Å². The summed E-state index contributed by atoms with van der Waals surface area (Å²) in [5.74, 6) is 1.43. The van der Waals surface area contributed by atoms with Gasteiger partial charge in [0.1, 0.15) is 18.2 Å². The van der Waals surface area contributed by atoms with Crippen molar-refractivity contribution in [2.75, 3.05) is 13.1 Å². The number of benzene rings is 2. The van der Waals surface area contributed by atoms with E-state index in [0.717, 1.165) is 18.9 Å². The van der Waals surface area contributed by atoms with Gasteiger partial charge in [0.15, 0.2) is 5.96 Å². The maximum Gasteiger partial charge on any atom is 0.191 e. The molecule has 0 atom stereocenters. The first-order valence-electron chi connectivity index (χ1n) is 9.55. The second-order valence-electron chi connectivity index (χ2n) is 6.42. The van der Waals surface area contributed by atoms with Crippen molar-refractivity contribution in [2.45, 2.75) is 26.4 Å². The molecule has 0 aliphatic heterocycles. The van der Waals surface area contributed by atoms with Gasteiger partial charge in [0.05, 0.1) is 0 Å². The molecule has 154 valence electrons. The number of aliphatic imine (C=N–C) groups is 1. The molecule has 0 amide bonds. The van der Waals surface area contributed by atoms with Crippen LogP contribution >= 0.6 is 24.0 Å². The average molecular weight is 507 g/mol. The Morgan fingerprint density at radius 2 is 1.83 bits per heavy atom. The number of guanidine groups is 1. The van der Waals surface area contributed by atoms with Crippen LogP contribution in [0, 0.1) is 5.82 Å². The van der Waals surface area contributed by atoms with Crippen LogP contribution in [0.2, 0.25) is 0 Å². The van der Waals surface area contributed by atoms with Gasteiger partial charge in [-0.25, -0.2) is 14.4 Å². The van der Waals surface area contributed by atoms with Gasteiger partial charge in [-0.3, -0.25) is 0 Å². The van der Waals surface area contributed by atoms with Crippen molar-refractivity contribution >= 4 is 29.9 Å². The number of hydrogen-bond acceptors (Lipinski definition) is 2. The van der Waals surface area contributed by atoms with Crippen LogP contribution in [0.5, 0.6) is 0 Å². The predicted octanol–water partition coefficient (Wildman–Crippen LogP) is 3.99. The summed E-state index contributed by atoms with van der Waals surface area (Å²) in [4.78, 5) is 9.06. The summed E-state index contributed by atoms with van der Waals surface area (Å²) in [6, 6.07) is 17.1. The van der Waals surface area contributed by atoms with Crippen LogP contribution in [-0.2, 0) is 19.5 Å². The quantitative estimate of drug-likeness (QED) is 0.276. The van der Waals surface area contributed by atoms with Gasteiger partial charge < -0.3 is 15.2 Å². The SMILES string of the molecule is CCNC(=NCc1nccn1Cc1ccccc1)NCCc1ccccc1F.I. The van der Waals surface area contributed by atoms with E-state index in [0.29, 0.717) is 31.0 Å². The first kappa shape index (κ1) is 22.9. The van der Waals surface area contributed by atoms with Crippen LogP contribution in [0.1, 0.15) is 23.9 Å². The topological polar surface area (TPSA) is 54.2 Å². The highest BCUT2D eigenvalue weighted by molar-refractivity contribution is 14.0. The Balaban J connectivity index is 0.00000300. The molecule has 3 aromatic rings. The van der Waals surface area contributed by atoms with Gasteiger partial charge in [-0.15, -0.1) is 24.0 Å². The fourth-order valence-electron chi connectivity index (χ4n) is 2.92. The van der Waals surface area contributed by atoms with Crippen molar-refractivity contribution in [2.24, 2.45) is 4.99 Å². The second-order valence-corrected chi connectivity index (χ2v) is 6.42. The lowest BCUT2D eigenvalue weighted by molar-refractivity contribution is 0.606. The van der Waals surface area contributed by atoms with Crippen LogP contribution in [0.25, 0.3) is 0 Å². The zero-order valence-electron chi connectivity index (χ0n) is 16.5. The molecule has 0 spiro atoms.